The van der Waals surface area contributed by atoms with Crippen LogP contribution in [0.5, 0.6) is 5.75 Å². The minimum absolute atomic E-state index is 0.286. The van der Waals surface area contributed by atoms with Crippen molar-refractivity contribution in [2.24, 2.45) is 5.92 Å². The van der Waals surface area contributed by atoms with Crippen LogP contribution in [0.1, 0.15) is 44.3 Å². The lowest BCUT2D eigenvalue weighted by atomic mass is 10.1. The maximum Gasteiger partial charge on any atom is 0.397 e. The Morgan fingerprint density at radius 2 is 1.93 bits per heavy atom. The average Bonchev–Trinajstić information content (AvgIpc) is 3.58. The Morgan fingerprint density at radius 3 is 2.62 bits per heavy atom. The highest BCUT2D eigenvalue weighted by molar-refractivity contribution is 5.90. The number of fused-ring (bicyclic) bond motifs is 1. The number of aromatic nitrogens is 5. The van der Waals surface area contributed by atoms with Gasteiger partial charge in [0.2, 0.25) is 5.91 Å². The van der Waals surface area contributed by atoms with E-state index in [1.54, 1.807) is 6.20 Å². The number of carbonyl (C=O) groups is 1. The monoisotopic (exact) mass is 583 g/mol. The molecule has 9 nitrogen and oxygen atoms in total. The number of benzene rings is 1. The van der Waals surface area contributed by atoms with E-state index in [0.29, 0.717) is 38.6 Å². The van der Waals surface area contributed by atoms with E-state index in [0.717, 1.165) is 51.5 Å². The minimum atomic E-state index is -4.48. The van der Waals surface area contributed by atoms with Crippen LogP contribution in [0.25, 0.3) is 22.2 Å². The summed E-state index contributed by atoms with van der Waals surface area (Å²) in [5.41, 5.74) is 5.45. The molecule has 1 aliphatic heterocycles. The van der Waals surface area contributed by atoms with Crippen molar-refractivity contribution in [2.45, 2.75) is 52.9 Å². The number of rotatable bonds is 10. The maximum atomic E-state index is 12.6. The van der Waals surface area contributed by atoms with Crippen LogP contribution in [-0.4, -0.2) is 79.4 Å². The fraction of sp³-hybridized carbons (Fsp3) is 0.467. The third-order valence-electron chi connectivity index (χ3n) is 7.20. The Balaban J connectivity index is 1.29. The van der Waals surface area contributed by atoms with Crippen LogP contribution in [0.15, 0.2) is 42.9 Å². The van der Waals surface area contributed by atoms with Crippen LogP contribution in [0, 0.1) is 5.92 Å². The van der Waals surface area contributed by atoms with Gasteiger partial charge in [0.15, 0.2) is 5.75 Å². The molecule has 224 valence electrons. The second-order valence-corrected chi connectivity index (χ2v) is 11.1. The Labute approximate surface area is 242 Å². The van der Waals surface area contributed by atoms with E-state index < -0.39 is 18.5 Å². The number of halogens is 3. The van der Waals surface area contributed by atoms with Gasteiger partial charge < -0.3 is 14.6 Å². The van der Waals surface area contributed by atoms with Gasteiger partial charge in [0.05, 0.1) is 18.3 Å². The van der Waals surface area contributed by atoms with Crippen molar-refractivity contribution >= 4 is 16.9 Å². The van der Waals surface area contributed by atoms with Crippen LogP contribution in [0.4, 0.5) is 13.2 Å². The topological polar surface area (TPSA) is 92.2 Å². The van der Waals surface area contributed by atoms with E-state index in [4.69, 9.17) is 9.72 Å². The minimum Gasteiger partial charge on any atom is -0.490 e. The predicted octanol–water partition coefficient (Wildman–Crippen LogP) is 5.06. The van der Waals surface area contributed by atoms with E-state index in [2.05, 4.69) is 33.8 Å². The smallest absolute Gasteiger partial charge is 0.397 e. The highest BCUT2D eigenvalue weighted by Gasteiger charge is 2.34. The summed E-state index contributed by atoms with van der Waals surface area (Å²) in [6.45, 7) is 9.83. The highest BCUT2D eigenvalue weighted by Crippen LogP contribution is 2.36. The zero-order valence-corrected chi connectivity index (χ0v) is 24.1. The molecule has 1 fully saturated rings. The molecule has 1 aliphatic rings. The molecule has 3 aromatic heterocycles. The van der Waals surface area contributed by atoms with Crippen molar-refractivity contribution < 1.29 is 22.7 Å². The first kappa shape index (κ1) is 29.6. The number of hydrogen-bond donors (Lipinski definition) is 1. The molecule has 0 radical (unpaired) electrons. The highest BCUT2D eigenvalue weighted by atomic mass is 19.4. The summed E-state index contributed by atoms with van der Waals surface area (Å²) in [5.74, 6) is 0.983. The molecule has 0 atom stereocenters. The molecule has 1 saturated heterocycles. The second-order valence-electron chi connectivity index (χ2n) is 11.1. The van der Waals surface area contributed by atoms with Crippen molar-refractivity contribution in [2.75, 3.05) is 32.8 Å². The number of carbonyl (C=O) groups excluding carboxylic acids is 1. The third-order valence-corrected chi connectivity index (χ3v) is 7.20. The summed E-state index contributed by atoms with van der Waals surface area (Å²) >= 11 is 0. The first-order chi connectivity index (χ1) is 20.1. The maximum absolute atomic E-state index is 12.6. The lowest BCUT2D eigenvalue weighted by molar-refractivity contribution is -0.162. The molecule has 0 aliphatic carbocycles. The molecule has 0 bridgehead atoms. The number of hydrogen-bond acceptors (Lipinski definition) is 6. The Morgan fingerprint density at radius 1 is 1.14 bits per heavy atom. The molecule has 5 rings (SSSR count). The number of piperazine rings is 1. The van der Waals surface area contributed by atoms with Gasteiger partial charge in [0.25, 0.3) is 0 Å². The van der Waals surface area contributed by atoms with Gasteiger partial charge in [-0.15, -0.1) is 0 Å². The van der Waals surface area contributed by atoms with Gasteiger partial charge in [-0.05, 0) is 42.7 Å². The molecule has 4 aromatic rings. The van der Waals surface area contributed by atoms with Crippen LogP contribution >= 0.6 is 0 Å². The van der Waals surface area contributed by atoms with Crippen molar-refractivity contribution in [1.29, 1.82) is 0 Å². The van der Waals surface area contributed by atoms with E-state index in [1.807, 2.05) is 48.3 Å². The largest absolute Gasteiger partial charge is 0.490 e. The predicted molar refractivity (Wildman–Crippen MR) is 153 cm³/mol. The lowest BCUT2D eigenvalue weighted by Crippen LogP contribution is -2.49. The van der Waals surface area contributed by atoms with Crippen LogP contribution in [-0.2, 0) is 24.3 Å². The van der Waals surface area contributed by atoms with Crippen LogP contribution in [0.2, 0.25) is 0 Å². The van der Waals surface area contributed by atoms with Gasteiger partial charge in [0.1, 0.15) is 17.8 Å². The molecule has 1 N–H and O–H groups in total. The molecular weight excluding hydrogens is 547 g/mol. The second kappa shape index (κ2) is 12.5. The number of amides is 1. The van der Waals surface area contributed by atoms with Gasteiger partial charge >= 0.3 is 6.18 Å². The summed E-state index contributed by atoms with van der Waals surface area (Å²) in [6.07, 6.45) is 0.221. The number of ether oxygens (including phenoxy) is 1. The van der Waals surface area contributed by atoms with Crippen molar-refractivity contribution in [1.82, 2.24) is 34.5 Å². The Hall–Kier alpha value is -3.93. The zero-order chi connectivity index (χ0) is 29.9. The van der Waals surface area contributed by atoms with E-state index in [1.165, 1.54) is 4.90 Å². The van der Waals surface area contributed by atoms with Crippen LogP contribution < -0.4 is 4.74 Å². The van der Waals surface area contributed by atoms with Gasteiger partial charge in [0, 0.05) is 74.9 Å². The normalized spacial score (nSPS) is 14.7. The summed E-state index contributed by atoms with van der Waals surface area (Å²) < 4.78 is 45.9. The van der Waals surface area contributed by atoms with E-state index >= 15 is 0 Å². The van der Waals surface area contributed by atoms with Crippen molar-refractivity contribution in [3.63, 3.8) is 0 Å². The molecule has 1 aromatic carbocycles. The van der Waals surface area contributed by atoms with Crippen molar-refractivity contribution in [3.05, 3.63) is 59.9 Å². The Kier molecular flexibility index (Phi) is 8.81. The number of H-pyrrole nitrogens is 1. The van der Waals surface area contributed by atoms with E-state index in [-0.39, 0.29) is 13.1 Å². The molecular formula is C30H36F3N7O2. The number of aromatic amines is 1. The number of aryl methyl sites for hydroxylation is 1. The zero-order valence-electron chi connectivity index (χ0n) is 24.1. The first-order valence-corrected chi connectivity index (χ1v) is 14.3. The molecule has 4 heterocycles. The standard InChI is InChI=1S/C30H36F3N7O2/c1-4-40-18-22(16-35-40)24-5-6-25-28(29(24)42-19-20(2)3)37-26(36-25)14-23-13-21(7-8-34-23)17-38-9-11-39(12-10-38)27(41)15-30(31,32)33/h5-8,13,16,18,20H,4,9-12,14-15,17,19H2,1-3H3,(H,36,37). The first-order valence-electron chi connectivity index (χ1n) is 14.3. The Bertz CT molecular complexity index is 1520. The number of nitrogens with zero attached hydrogens (tertiary/aromatic N) is 6. The summed E-state index contributed by atoms with van der Waals surface area (Å²) in [4.78, 5) is 28.2. The number of pyridine rings is 1. The molecule has 42 heavy (non-hydrogen) atoms. The lowest BCUT2D eigenvalue weighted by Gasteiger charge is -2.35. The third kappa shape index (κ3) is 7.28. The fourth-order valence-electron chi connectivity index (χ4n) is 5.08. The molecule has 0 spiro atoms. The number of imidazole rings is 1. The van der Waals surface area contributed by atoms with Crippen LogP contribution in [0.3, 0.4) is 0 Å². The summed E-state index contributed by atoms with van der Waals surface area (Å²) in [6, 6.07) is 8.00. The van der Waals surface area contributed by atoms with Gasteiger partial charge in [-0.1, -0.05) is 13.8 Å². The fourth-order valence-corrected chi connectivity index (χ4v) is 5.08. The van der Waals surface area contributed by atoms with Gasteiger partial charge in [-0.3, -0.25) is 19.4 Å². The van der Waals surface area contributed by atoms with Gasteiger partial charge in [-0.2, -0.15) is 18.3 Å². The van der Waals surface area contributed by atoms with Gasteiger partial charge in [-0.25, -0.2) is 4.98 Å². The number of alkyl halides is 3. The number of nitrogens with one attached hydrogen (secondary N) is 1. The molecule has 0 saturated carbocycles. The summed E-state index contributed by atoms with van der Waals surface area (Å²) in [7, 11) is 0. The molecule has 12 heteroatoms. The van der Waals surface area contributed by atoms with E-state index in [9.17, 15) is 18.0 Å². The molecule has 1 amide bonds. The average molecular weight is 584 g/mol. The summed E-state index contributed by atoms with van der Waals surface area (Å²) in [5, 5.41) is 4.43. The van der Waals surface area contributed by atoms with Crippen molar-refractivity contribution in [3.8, 4) is 16.9 Å². The quantitative estimate of drug-likeness (QED) is 0.281. The SMILES string of the molecule is CCn1cc(-c2ccc3[nH]c(Cc4cc(CN5CCN(C(=O)CC(F)(F)F)CC5)ccn4)nc3c2OCC(C)C)cn1. The molecule has 0 unspecified atom stereocenters.